The van der Waals surface area contributed by atoms with Gasteiger partial charge in [0.25, 0.3) is 5.91 Å². The maximum atomic E-state index is 14.0. The molecule has 0 spiro atoms. The van der Waals surface area contributed by atoms with E-state index in [4.69, 9.17) is 0 Å². The van der Waals surface area contributed by atoms with Crippen LogP contribution in [0.15, 0.2) is 54.7 Å². The molecule has 0 bridgehead atoms. The number of amides is 1. The molecule has 5 nitrogen and oxygen atoms in total. The van der Waals surface area contributed by atoms with Crippen molar-refractivity contribution in [3.8, 4) is 5.69 Å². The lowest BCUT2D eigenvalue weighted by atomic mass is 10.1. The number of alkyl halides is 3. The zero-order valence-electron chi connectivity index (χ0n) is 15.1. The molecular formula is C20H16F4N4O. The average molecular weight is 404 g/mol. The van der Waals surface area contributed by atoms with E-state index in [-0.39, 0.29) is 24.0 Å². The largest absolute Gasteiger partial charge is 0.418 e. The number of aromatic nitrogens is 3. The Morgan fingerprint density at radius 3 is 2.48 bits per heavy atom. The number of carbonyl (C=O) groups is 1. The zero-order chi connectivity index (χ0) is 20.6. The molecule has 150 valence electrons. The van der Waals surface area contributed by atoms with Crippen LogP contribution in [0.1, 0.15) is 34.5 Å². The molecule has 0 atom stereocenters. The molecule has 0 saturated heterocycles. The number of hydrogen-bond donors (Lipinski definition) is 0. The highest BCUT2D eigenvalue weighted by molar-refractivity contribution is 5.92. The molecule has 3 aromatic rings. The molecule has 0 unspecified atom stereocenters. The van der Waals surface area contributed by atoms with Crippen molar-refractivity contribution >= 4 is 5.91 Å². The van der Waals surface area contributed by atoms with Gasteiger partial charge in [-0.25, -0.2) is 9.07 Å². The van der Waals surface area contributed by atoms with Crippen LogP contribution < -0.4 is 0 Å². The summed E-state index contributed by atoms with van der Waals surface area (Å²) in [6.45, 7) is 0.0577. The summed E-state index contributed by atoms with van der Waals surface area (Å²) in [6, 6.07) is 11.0. The molecule has 0 radical (unpaired) electrons. The molecule has 1 saturated carbocycles. The van der Waals surface area contributed by atoms with Crippen LogP contribution in [0.4, 0.5) is 17.6 Å². The van der Waals surface area contributed by atoms with E-state index in [0.29, 0.717) is 5.56 Å². The molecule has 1 fully saturated rings. The smallest absolute Gasteiger partial charge is 0.330 e. The van der Waals surface area contributed by atoms with Crippen molar-refractivity contribution in [2.24, 2.45) is 0 Å². The lowest BCUT2D eigenvalue weighted by molar-refractivity contribution is -0.137. The van der Waals surface area contributed by atoms with Crippen molar-refractivity contribution in [1.82, 2.24) is 19.9 Å². The van der Waals surface area contributed by atoms with Crippen LogP contribution in [-0.2, 0) is 12.7 Å². The lowest BCUT2D eigenvalue weighted by Crippen LogP contribution is -2.33. The van der Waals surface area contributed by atoms with Crippen molar-refractivity contribution in [3.63, 3.8) is 0 Å². The van der Waals surface area contributed by atoms with E-state index in [1.165, 1.54) is 35.4 Å². The molecule has 1 aromatic heterocycles. The number of nitrogens with zero attached hydrogens (tertiary/aromatic N) is 4. The molecule has 1 amide bonds. The molecular weight excluding hydrogens is 388 g/mol. The van der Waals surface area contributed by atoms with Crippen LogP contribution >= 0.6 is 0 Å². The number of para-hydroxylation sites is 1. The lowest BCUT2D eigenvalue weighted by Gasteiger charge is -2.21. The highest BCUT2D eigenvalue weighted by Crippen LogP contribution is 2.34. The van der Waals surface area contributed by atoms with Gasteiger partial charge in [-0.1, -0.05) is 35.5 Å². The Kier molecular flexibility index (Phi) is 4.81. The standard InChI is InChI=1S/C20H16F4N4O/c21-16-7-3-1-5-13(16)11-27(14-9-10-14)19(29)17-12-28(26-25-17)18-8-4-2-6-15(18)20(22,23)24/h1-8,12,14H,9-11H2. The number of rotatable bonds is 5. The molecule has 0 aliphatic heterocycles. The summed E-state index contributed by atoms with van der Waals surface area (Å²) >= 11 is 0. The average Bonchev–Trinajstić information content (AvgIpc) is 3.41. The molecule has 1 heterocycles. The second-order valence-electron chi connectivity index (χ2n) is 6.82. The van der Waals surface area contributed by atoms with Crippen molar-refractivity contribution in [1.29, 1.82) is 0 Å². The Morgan fingerprint density at radius 1 is 1.10 bits per heavy atom. The molecule has 1 aliphatic rings. The van der Waals surface area contributed by atoms with Gasteiger partial charge in [-0.3, -0.25) is 4.79 Å². The van der Waals surface area contributed by atoms with Gasteiger partial charge >= 0.3 is 6.18 Å². The van der Waals surface area contributed by atoms with Crippen molar-refractivity contribution in [2.45, 2.75) is 31.6 Å². The van der Waals surface area contributed by atoms with Gasteiger partial charge in [0.1, 0.15) is 5.82 Å². The predicted molar refractivity (Wildman–Crippen MR) is 95.7 cm³/mol. The first-order valence-corrected chi connectivity index (χ1v) is 8.98. The summed E-state index contributed by atoms with van der Waals surface area (Å²) in [7, 11) is 0. The molecule has 4 rings (SSSR count). The topological polar surface area (TPSA) is 51.0 Å². The first-order chi connectivity index (χ1) is 13.8. The molecule has 0 N–H and O–H groups in total. The van der Waals surface area contributed by atoms with Gasteiger partial charge in [0.2, 0.25) is 0 Å². The van der Waals surface area contributed by atoms with Gasteiger partial charge < -0.3 is 4.90 Å². The number of carbonyl (C=O) groups excluding carboxylic acids is 1. The van der Waals surface area contributed by atoms with Crippen LogP contribution in [0.2, 0.25) is 0 Å². The third-order valence-corrected chi connectivity index (χ3v) is 4.72. The Morgan fingerprint density at radius 2 is 1.79 bits per heavy atom. The zero-order valence-corrected chi connectivity index (χ0v) is 15.1. The maximum Gasteiger partial charge on any atom is 0.418 e. The highest BCUT2D eigenvalue weighted by Gasteiger charge is 2.36. The van der Waals surface area contributed by atoms with Crippen LogP contribution in [0.3, 0.4) is 0 Å². The van der Waals surface area contributed by atoms with Crippen LogP contribution in [0.5, 0.6) is 0 Å². The summed E-state index contributed by atoms with van der Waals surface area (Å²) in [5.41, 5.74) is -0.833. The van der Waals surface area contributed by atoms with Crippen LogP contribution in [-0.4, -0.2) is 31.8 Å². The summed E-state index contributed by atoms with van der Waals surface area (Å²) in [5, 5.41) is 7.48. The van der Waals surface area contributed by atoms with Gasteiger partial charge in [0.15, 0.2) is 5.69 Å². The Balaban J connectivity index is 1.62. The maximum absolute atomic E-state index is 14.0. The van der Waals surface area contributed by atoms with E-state index in [2.05, 4.69) is 10.3 Å². The monoisotopic (exact) mass is 404 g/mol. The Hall–Kier alpha value is -3.23. The first-order valence-electron chi connectivity index (χ1n) is 8.98. The summed E-state index contributed by atoms with van der Waals surface area (Å²) < 4.78 is 54.7. The van der Waals surface area contributed by atoms with Crippen LogP contribution in [0, 0.1) is 5.82 Å². The van der Waals surface area contributed by atoms with E-state index in [9.17, 15) is 22.4 Å². The molecule has 29 heavy (non-hydrogen) atoms. The second kappa shape index (κ2) is 7.31. The van der Waals surface area contributed by atoms with Gasteiger partial charge in [-0.05, 0) is 31.0 Å². The van der Waals surface area contributed by atoms with Gasteiger partial charge in [-0.15, -0.1) is 5.10 Å². The number of halogens is 4. The SMILES string of the molecule is O=C(c1cn(-c2ccccc2C(F)(F)F)nn1)N(Cc1ccccc1F)C1CC1. The normalized spacial score (nSPS) is 14.1. The summed E-state index contributed by atoms with van der Waals surface area (Å²) in [5.74, 6) is -0.916. The fraction of sp³-hybridized carbons (Fsp3) is 0.250. The Bertz CT molecular complexity index is 1040. The third-order valence-electron chi connectivity index (χ3n) is 4.72. The molecule has 1 aliphatic carbocycles. The van der Waals surface area contributed by atoms with E-state index in [1.54, 1.807) is 18.2 Å². The summed E-state index contributed by atoms with van der Waals surface area (Å²) in [4.78, 5) is 14.4. The fourth-order valence-corrected chi connectivity index (χ4v) is 3.10. The number of benzene rings is 2. The van der Waals surface area contributed by atoms with Crippen molar-refractivity contribution in [3.05, 3.63) is 77.4 Å². The van der Waals surface area contributed by atoms with Crippen LogP contribution in [0.25, 0.3) is 5.69 Å². The van der Waals surface area contributed by atoms with Gasteiger partial charge in [0.05, 0.1) is 17.4 Å². The van der Waals surface area contributed by atoms with E-state index in [0.717, 1.165) is 23.6 Å². The van der Waals surface area contributed by atoms with Gasteiger partial charge in [-0.2, -0.15) is 13.2 Å². The molecule has 2 aromatic carbocycles. The fourth-order valence-electron chi connectivity index (χ4n) is 3.10. The van der Waals surface area contributed by atoms with Crippen molar-refractivity contribution in [2.75, 3.05) is 0 Å². The van der Waals surface area contributed by atoms with E-state index < -0.39 is 23.5 Å². The highest BCUT2D eigenvalue weighted by atomic mass is 19.4. The number of hydrogen-bond acceptors (Lipinski definition) is 3. The molecule has 9 heteroatoms. The van der Waals surface area contributed by atoms with E-state index in [1.807, 2.05) is 0 Å². The predicted octanol–water partition coefficient (Wildman–Crippen LogP) is 4.23. The minimum atomic E-state index is -4.57. The van der Waals surface area contributed by atoms with Crippen molar-refractivity contribution < 1.29 is 22.4 Å². The summed E-state index contributed by atoms with van der Waals surface area (Å²) in [6.07, 6.45) is -1.84. The minimum Gasteiger partial charge on any atom is -0.330 e. The minimum absolute atomic E-state index is 0.0466. The van der Waals surface area contributed by atoms with E-state index >= 15 is 0 Å². The Labute approximate surface area is 163 Å². The first kappa shape index (κ1) is 19.1. The van der Waals surface area contributed by atoms with Gasteiger partial charge in [0, 0.05) is 18.2 Å². The second-order valence-corrected chi connectivity index (χ2v) is 6.82. The third kappa shape index (κ3) is 3.98. The quantitative estimate of drug-likeness (QED) is 0.598.